The van der Waals surface area contributed by atoms with Crippen molar-refractivity contribution < 1.29 is 14.6 Å². The number of nitrogens with zero attached hydrogens (tertiary/aromatic N) is 2. The fourth-order valence-electron chi connectivity index (χ4n) is 1.90. The number of hydrogen-bond acceptors (Lipinski definition) is 7. The molecule has 116 valence electrons. The quantitative estimate of drug-likeness (QED) is 0.570. The van der Waals surface area contributed by atoms with Gasteiger partial charge in [-0.15, -0.1) is 0 Å². The van der Waals surface area contributed by atoms with Crippen LogP contribution in [0.25, 0.3) is 0 Å². The van der Waals surface area contributed by atoms with Crippen LogP contribution < -0.4 is 21.1 Å². The number of carboxylic acids is 1. The molecule has 2 atom stereocenters. The maximum atomic E-state index is 11.0. The van der Waals surface area contributed by atoms with E-state index in [-0.39, 0.29) is 0 Å². The molecule has 0 saturated carbocycles. The first kappa shape index (κ1) is 14.9. The largest absolute Gasteiger partial charge is 0.480 e. The molecular formula is C15H13N5O3. The van der Waals surface area contributed by atoms with Crippen LogP contribution in [-0.2, 0) is 4.79 Å². The minimum Gasteiger partial charge on any atom is -0.480 e. The number of hydrazine groups is 2. The van der Waals surface area contributed by atoms with Crippen LogP contribution in [0.2, 0.25) is 0 Å². The summed E-state index contributed by atoms with van der Waals surface area (Å²) in [5.41, 5.74) is 9.15. The molecule has 0 spiro atoms. The Morgan fingerprint density at radius 2 is 2.00 bits per heavy atom. The lowest BCUT2D eigenvalue weighted by atomic mass is 10.2. The number of aromatic nitrogens is 2. The zero-order chi connectivity index (χ0) is 16.1. The lowest BCUT2D eigenvalue weighted by molar-refractivity contribution is -0.141. The number of aliphatic carboxylic acids is 1. The van der Waals surface area contributed by atoms with E-state index in [2.05, 4.69) is 38.2 Å². The second-order valence-corrected chi connectivity index (χ2v) is 4.63. The molecule has 1 aromatic heterocycles. The summed E-state index contributed by atoms with van der Waals surface area (Å²) < 4.78 is 5.58. The molecule has 23 heavy (non-hydrogen) atoms. The molecule has 0 aliphatic carbocycles. The van der Waals surface area contributed by atoms with Gasteiger partial charge in [-0.05, 0) is 30.2 Å². The smallest absolute Gasteiger partial charge is 0.327 e. The summed E-state index contributed by atoms with van der Waals surface area (Å²) in [6.07, 6.45) is 4.03. The van der Waals surface area contributed by atoms with Crippen molar-refractivity contribution in [1.82, 2.24) is 26.4 Å². The molecule has 8 nitrogen and oxygen atoms in total. The molecule has 1 aliphatic heterocycles. The third-order valence-electron chi connectivity index (χ3n) is 3.03. The Balaban J connectivity index is 1.66. The molecule has 0 bridgehead atoms. The van der Waals surface area contributed by atoms with Crippen LogP contribution in [0.1, 0.15) is 11.3 Å². The number of nitrogens with one attached hydrogen (secondary N) is 3. The predicted molar refractivity (Wildman–Crippen MR) is 79.7 cm³/mol. The molecule has 2 heterocycles. The summed E-state index contributed by atoms with van der Waals surface area (Å²) in [6.45, 7) is 0. The lowest BCUT2D eigenvalue weighted by Crippen LogP contribution is -2.44. The van der Waals surface area contributed by atoms with Gasteiger partial charge >= 0.3 is 5.97 Å². The van der Waals surface area contributed by atoms with Crippen molar-refractivity contribution in [1.29, 1.82) is 0 Å². The summed E-state index contributed by atoms with van der Waals surface area (Å²) in [7, 11) is 0. The van der Waals surface area contributed by atoms with Crippen LogP contribution in [0, 0.1) is 11.8 Å². The topological polar surface area (TPSA) is 108 Å². The maximum absolute atomic E-state index is 11.0. The van der Waals surface area contributed by atoms with Crippen molar-refractivity contribution >= 4 is 5.97 Å². The van der Waals surface area contributed by atoms with Crippen molar-refractivity contribution in [2.75, 3.05) is 0 Å². The molecule has 2 unspecified atom stereocenters. The van der Waals surface area contributed by atoms with E-state index in [9.17, 15) is 4.79 Å². The van der Waals surface area contributed by atoms with Gasteiger partial charge in [0.15, 0.2) is 12.3 Å². The first-order chi connectivity index (χ1) is 11.2. The summed E-state index contributed by atoms with van der Waals surface area (Å²) in [5.74, 6) is 5.38. The highest BCUT2D eigenvalue weighted by Crippen LogP contribution is 2.14. The average molecular weight is 311 g/mol. The van der Waals surface area contributed by atoms with Crippen LogP contribution in [0.4, 0.5) is 0 Å². The zero-order valence-corrected chi connectivity index (χ0v) is 11.9. The van der Waals surface area contributed by atoms with Gasteiger partial charge in [0.2, 0.25) is 0 Å². The van der Waals surface area contributed by atoms with Crippen LogP contribution in [0.3, 0.4) is 0 Å². The van der Waals surface area contributed by atoms with E-state index in [1.807, 2.05) is 0 Å². The Bertz CT molecular complexity index is 739. The van der Waals surface area contributed by atoms with E-state index in [1.54, 1.807) is 42.9 Å². The molecule has 0 amide bonds. The van der Waals surface area contributed by atoms with E-state index in [0.29, 0.717) is 11.4 Å². The predicted octanol–water partition coefficient (Wildman–Crippen LogP) is -0.353. The van der Waals surface area contributed by atoms with E-state index in [0.717, 1.165) is 5.56 Å². The number of ether oxygens (including phenoxy) is 1. The van der Waals surface area contributed by atoms with E-state index in [1.165, 1.54) is 0 Å². The van der Waals surface area contributed by atoms with Gasteiger partial charge in [0.05, 0.1) is 6.20 Å². The molecule has 4 N–H and O–H groups in total. The van der Waals surface area contributed by atoms with Gasteiger partial charge in [-0.3, -0.25) is 9.78 Å². The van der Waals surface area contributed by atoms with E-state index in [4.69, 9.17) is 9.84 Å². The Labute approximate surface area is 131 Å². The zero-order valence-electron chi connectivity index (χ0n) is 11.9. The number of carboxylic acid groups (broad SMARTS) is 1. The van der Waals surface area contributed by atoms with Crippen molar-refractivity contribution in [3.8, 4) is 17.6 Å². The third-order valence-corrected chi connectivity index (χ3v) is 3.03. The van der Waals surface area contributed by atoms with Gasteiger partial charge in [-0.2, -0.15) is 5.53 Å². The van der Waals surface area contributed by atoms with Gasteiger partial charge in [0.25, 0.3) is 0 Å². The van der Waals surface area contributed by atoms with Crippen LogP contribution in [0.5, 0.6) is 5.75 Å². The second kappa shape index (κ2) is 6.85. The summed E-state index contributed by atoms with van der Waals surface area (Å²) >= 11 is 0. The molecular weight excluding hydrogens is 298 g/mol. The molecule has 1 fully saturated rings. The maximum Gasteiger partial charge on any atom is 0.327 e. The normalized spacial score (nSPS) is 19.7. The minimum absolute atomic E-state index is 0.532. The lowest BCUT2D eigenvalue weighted by Gasteiger charge is -2.16. The molecule has 1 aromatic carbocycles. The van der Waals surface area contributed by atoms with Gasteiger partial charge in [0, 0.05) is 18.0 Å². The third kappa shape index (κ3) is 3.81. The van der Waals surface area contributed by atoms with Gasteiger partial charge in [0.1, 0.15) is 11.4 Å². The molecule has 2 aromatic rings. The van der Waals surface area contributed by atoms with Crippen molar-refractivity contribution in [3.05, 3.63) is 54.1 Å². The molecule has 0 radical (unpaired) electrons. The highest BCUT2D eigenvalue weighted by molar-refractivity contribution is 5.74. The van der Waals surface area contributed by atoms with Gasteiger partial charge < -0.3 is 9.84 Å². The van der Waals surface area contributed by atoms with Crippen molar-refractivity contribution in [2.24, 2.45) is 0 Å². The molecule has 1 saturated heterocycles. The summed E-state index contributed by atoms with van der Waals surface area (Å²) in [6, 6.07) is 6.12. The Hall–Kier alpha value is -2.99. The fourth-order valence-corrected chi connectivity index (χ4v) is 1.90. The minimum atomic E-state index is -1.01. The Morgan fingerprint density at radius 3 is 2.70 bits per heavy atom. The number of benzene rings is 1. The highest BCUT2D eigenvalue weighted by Gasteiger charge is 2.34. The number of rotatable bonds is 3. The van der Waals surface area contributed by atoms with Crippen molar-refractivity contribution in [2.45, 2.75) is 12.3 Å². The number of hydrogen-bond donors (Lipinski definition) is 4. The monoisotopic (exact) mass is 311 g/mol. The van der Waals surface area contributed by atoms with Gasteiger partial charge in [-0.25, -0.2) is 15.8 Å². The fraction of sp³-hybridized carbons (Fsp3) is 0.133. The van der Waals surface area contributed by atoms with E-state index < -0.39 is 18.2 Å². The Morgan fingerprint density at radius 1 is 1.17 bits per heavy atom. The first-order valence-corrected chi connectivity index (χ1v) is 6.76. The van der Waals surface area contributed by atoms with Crippen LogP contribution >= 0.6 is 0 Å². The number of carbonyl (C=O) groups is 1. The van der Waals surface area contributed by atoms with Crippen LogP contribution in [0.15, 0.2) is 42.9 Å². The summed E-state index contributed by atoms with van der Waals surface area (Å²) in [4.78, 5) is 19.0. The van der Waals surface area contributed by atoms with Crippen molar-refractivity contribution in [3.63, 3.8) is 0 Å². The SMILES string of the molecule is O=C(O)C1NNNC1Oc1ccc(C#Cc2cnccn2)cc1. The Kier molecular flexibility index (Phi) is 4.44. The molecule has 8 heteroatoms. The standard InChI is InChI=1S/C15H13N5O3/c21-15(22)13-14(19-20-18-13)23-12-5-2-10(3-6-12)1-4-11-9-16-7-8-17-11/h2-3,5-9,13-14,18-20H,(H,21,22). The van der Waals surface area contributed by atoms with Gasteiger partial charge in [-0.1, -0.05) is 5.92 Å². The summed E-state index contributed by atoms with van der Waals surface area (Å²) in [5, 5.41) is 9.03. The highest BCUT2D eigenvalue weighted by atomic mass is 16.5. The first-order valence-electron chi connectivity index (χ1n) is 6.76. The average Bonchev–Trinajstić information content (AvgIpc) is 3.04. The van der Waals surface area contributed by atoms with E-state index >= 15 is 0 Å². The van der Waals surface area contributed by atoms with Crippen LogP contribution in [-0.4, -0.2) is 33.3 Å². The second-order valence-electron chi connectivity index (χ2n) is 4.63. The molecule has 3 rings (SSSR count). The molecule has 1 aliphatic rings.